The van der Waals surface area contributed by atoms with Crippen LogP contribution in [0.25, 0.3) is 0 Å². The van der Waals surface area contributed by atoms with Gasteiger partial charge in [0, 0.05) is 25.7 Å². The largest absolute Gasteiger partial charge is 0.472 e. The Hall–Kier alpha value is -1.94. The fraction of sp³-hybridized carbons (Fsp3) is 0.943. The van der Waals surface area contributed by atoms with E-state index in [0.717, 1.165) is 114 Å². The highest BCUT2D eigenvalue weighted by molar-refractivity contribution is 7.47. The molecule has 3 N–H and O–H groups in total. The third-order valence-corrected chi connectivity index (χ3v) is 18.3. The van der Waals surface area contributed by atoms with Crippen LogP contribution in [-0.2, 0) is 65.4 Å². The van der Waals surface area contributed by atoms with E-state index in [4.69, 9.17) is 37.0 Å². The number of aliphatic hydroxyl groups excluding tert-OH is 1. The SMILES string of the molecule is CCC(C)CCCCCCCCC(=O)OC[C@H](COP(=O)(O)OC[C@H](O)COP(=O)(O)OC[C@@H](COC(=O)CCCCCCCCCCCCCCC(C)C)OC(=O)CCCCCCCCCCCCCC(C)C)OC(=O)CCCCCCCCCC(C)C. The van der Waals surface area contributed by atoms with E-state index in [1.54, 1.807) is 0 Å². The summed E-state index contributed by atoms with van der Waals surface area (Å²) in [5.41, 5.74) is 0. The van der Waals surface area contributed by atoms with Crippen LogP contribution in [0.4, 0.5) is 0 Å². The van der Waals surface area contributed by atoms with Crippen LogP contribution < -0.4 is 0 Å². The Morgan fingerprint density at radius 1 is 0.315 bits per heavy atom. The average molecular weight is 1310 g/mol. The zero-order valence-electron chi connectivity index (χ0n) is 58.1. The molecule has 0 spiro atoms. The molecule has 0 aliphatic rings. The van der Waals surface area contributed by atoms with Crippen LogP contribution in [0.2, 0.25) is 0 Å². The lowest BCUT2D eigenvalue weighted by atomic mass is 10.00. The van der Waals surface area contributed by atoms with E-state index in [-0.39, 0.29) is 25.7 Å². The van der Waals surface area contributed by atoms with Gasteiger partial charge in [0.1, 0.15) is 19.3 Å². The molecule has 0 radical (unpaired) electrons. The molecule has 0 aromatic heterocycles. The number of ether oxygens (including phenoxy) is 4. The normalized spacial score (nSPS) is 14.6. The lowest BCUT2D eigenvalue weighted by Crippen LogP contribution is -2.30. The Morgan fingerprint density at radius 3 is 0.798 bits per heavy atom. The van der Waals surface area contributed by atoms with E-state index < -0.39 is 97.5 Å². The molecule has 0 heterocycles. The summed E-state index contributed by atoms with van der Waals surface area (Å²) in [5, 5.41) is 10.6. The first kappa shape index (κ1) is 87.1. The summed E-state index contributed by atoms with van der Waals surface area (Å²) in [6, 6.07) is 0. The molecule has 0 saturated carbocycles. The quantitative estimate of drug-likeness (QED) is 0.0222. The second-order valence-corrected chi connectivity index (χ2v) is 29.8. The van der Waals surface area contributed by atoms with Crippen molar-refractivity contribution >= 4 is 39.5 Å². The first-order valence-corrected chi connectivity index (χ1v) is 39.2. The van der Waals surface area contributed by atoms with Crippen LogP contribution in [-0.4, -0.2) is 96.7 Å². The fourth-order valence-electron chi connectivity index (χ4n) is 10.5. The smallest absolute Gasteiger partial charge is 0.462 e. The molecule has 17 nitrogen and oxygen atoms in total. The lowest BCUT2D eigenvalue weighted by Gasteiger charge is -2.21. The van der Waals surface area contributed by atoms with Crippen molar-refractivity contribution in [2.24, 2.45) is 23.7 Å². The molecule has 0 fully saturated rings. The van der Waals surface area contributed by atoms with Gasteiger partial charge in [-0.15, -0.1) is 0 Å². The van der Waals surface area contributed by atoms with Gasteiger partial charge >= 0.3 is 39.5 Å². The minimum atomic E-state index is -4.95. The highest BCUT2D eigenvalue weighted by Gasteiger charge is 2.30. The summed E-state index contributed by atoms with van der Waals surface area (Å²) in [4.78, 5) is 72.5. The second-order valence-electron chi connectivity index (χ2n) is 26.9. The average Bonchev–Trinajstić information content (AvgIpc) is 3.69. The van der Waals surface area contributed by atoms with Crippen LogP contribution in [0.15, 0.2) is 0 Å². The van der Waals surface area contributed by atoms with Gasteiger partial charge in [-0.05, 0) is 49.4 Å². The minimum Gasteiger partial charge on any atom is -0.462 e. The van der Waals surface area contributed by atoms with E-state index in [0.29, 0.717) is 31.6 Å². The molecule has 0 aliphatic carbocycles. The van der Waals surface area contributed by atoms with E-state index in [1.165, 1.54) is 141 Å². The Kier molecular flexibility index (Phi) is 58.5. The number of esters is 4. The minimum absolute atomic E-state index is 0.102. The molecule has 0 saturated heterocycles. The Labute approximate surface area is 543 Å². The summed E-state index contributed by atoms with van der Waals surface area (Å²) < 4.78 is 68.3. The van der Waals surface area contributed by atoms with Crippen molar-refractivity contribution in [1.82, 2.24) is 0 Å². The van der Waals surface area contributed by atoms with Gasteiger partial charge in [-0.2, -0.15) is 0 Å². The number of hydrogen-bond acceptors (Lipinski definition) is 15. The van der Waals surface area contributed by atoms with Gasteiger partial charge in [-0.1, -0.05) is 293 Å². The summed E-state index contributed by atoms with van der Waals surface area (Å²) >= 11 is 0. The molecule has 0 aromatic rings. The third kappa shape index (κ3) is 63.2. The van der Waals surface area contributed by atoms with E-state index >= 15 is 0 Å². The Morgan fingerprint density at radius 2 is 0.539 bits per heavy atom. The Balaban J connectivity index is 5.25. The van der Waals surface area contributed by atoms with Gasteiger partial charge in [-0.3, -0.25) is 37.3 Å². The number of hydrogen-bond donors (Lipinski definition) is 3. The molecular formula is C70H136O17P2. The van der Waals surface area contributed by atoms with Gasteiger partial charge in [-0.25, -0.2) is 9.13 Å². The monoisotopic (exact) mass is 1310 g/mol. The lowest BCUT2D eigenvalue weighted by molar-refractivity contribution is -0.161. The van der Waals surface area contributed by atoms with Crippen molar-refractivity contribution < 1.29 is 80.2 Å². The highest BCUT2D eigenvalue weighted by atomic mass is 31.2. The van der Waals surface area contributed by atoms with Crippen molar-refractivity contribution in [2.75, 3.05) is 39.6 Å². The topological polar surface area (TPSA) is 237 Å². The fourth-order valence-corrected chi connectivity index (χ4v) is 12.0. The predicted octanol–water partition coefficient (Wildman–Crippen LogP) is 19.7. The number of unbranched alkanes of at least 4 members (excludes halogenated alkanes) is 32. The first-order chi connectivity index (χ1) is 42.6. The van der Waals surface area contributed by atoms with Crippen LogP contribution in [0.3, 0.4) is 0 Å². The van der Waals surface area contributed by atoms with Crippen molar-refractivity contribution in [3.8, 4) is 0 Å². The van der Waals surface area contributed by atoms with Crippen molar-refractivity contribution in [3.05, 3.63) is 0 Å². The molecule has 0 aliphatic heterocycles. The molecule has 6 atom stereocenters. The molecular weight excluding hydrogens is 1170 g/mol. The number of carbonyl (C=O) groups excluding carboxylic acids is 4. The molecule has 0 rings (SSSR count). The number of phosphoric ester groups is 2. The van der Waals surface area contributed by atoms with Crippen molar-refractivity contribution in [1.29, 1.82) is 0 Å². The van der Waals surface area contributed by atoms with Gasteiger partial charge in [0.2, 0.25) is 0 Å². The highest BCUT2D eigenvalue weighted by Crippen LogP contribution is 2.45. The van der Waals surface area contributed by atoms with Gasteiger partial charge in [0.05, 0.1) is 26.4 Å². The maximum Gasteiger partial charge on any atom is 0.472 e. The summed E-state index contributed by atoms with van der Waals surface area (Å²) in [7, 11) is -9.90. The van der Waals surface area contributed by atoms with Crippen LogP contribution >= 0.6 is 15.6 Å². The molecule has 528 valence electrons. The molecule has 0 bridgehead atoms. The number of phosphoric acid groups is 2. The Bertz CT molecular complexity index is 1770. The second kappa shape index (κ2) is 59.8. The van der Waals surface area contributed by atoms with Crippen LogP contribution in [0.1, 0.15) is 344 Å². The maximum atomic E-state index is 13.0. The van der Waals surface area contributed by atoms with E-state index in [2.05, 4.69) is 55.4 Å². The maximum absolute atomic E-state index is 13.0. The number of rotatable bonds is 67. The van der Waals surface area contributed by atoms with E-state index in [9.17, 15) is 43.2 Å². The van der Waals surface area contributed by atoms with Gasteiger partial charge < -0.3 is 33.8 Å². The van der Waals surface area contributed by atoms with Crippen molar-refractivity contribution in [3.63, 3.8) is 0 Å². The zero-order valence-corrected chi connectivity index (χ0v) is 59.8. The first-order valence-electron chi connectivity index (χ1n) is 36.2. The summed E-state index contributed by atoms with van der Waals surface area (Å²) in [6.45, 7) is 14.1. The van der Waals surface area contributed by atoms with Gasteiger partial charge in [0.25, 0.3) is 0 Å². The predicted molar refractivity (Wildman–Crippen MR) is 358 cm³/mol. The standard InChI is InChI=1S/C70H136O17P2/c1-9-63(8)49-41-33-28-29-35-43-51-68(73)81-57-66(87-70(75)53-45-37-27-21-24-32-40-48-62(6)7)59-85-89(78,79)83-55-64(71)54-82-88(76,77)84-58-65(86-69(74)52-44-36-26-20-16-12-14-18-23-31-39-47-61(4)5)56-80-67(72)50-42-34-25-19-15-11-10-13-17-22-30-38-46-60(2)3/h60-66,71H,9-59H2,1-8H3,(H,76,77)(H,78,79)/t63?,64-,65-,66-/m1/s1. The van der Waals surface area contributed by atoms with Gasteiger partial charge in [0.15, 0.2) is 12.2 Å². The van der Waals surface area contributed by atoms with E-state index in [1.807, 2.05) is 0 Å². The summed E-state index contributed by atoms with van der Waals surface area (Å²) in [5.74, 6) is 0.842. The molecule has 0 aromatic carbocycles. The molecule has 89 heavy (non-hydrogen) atoms. The molecule has 3 unspecified atom stereocenters. The van der Waals surface area contributed by atoms with Crippen LogP contribution in [0.5, 0.6) is 0 Å². The summed E-state index contributed by atoms with van der Waals surface area (Å²) in [6.07, 6.45) is 41.8. The third-order valence-electron chi connectivity index (χ3n) is 16.4. The van der Waals surface area contributed by atoms with Crippen LogP contribution in [0, 0.1) is 23.7 Å². The van der Waals surface area contributed by atoms with Crippen molar-refractivity contribution in [2.45, 2.75) is 363 Å². The molecule has 0 amide bonds. The number of carbonyl (C=O) groups is 4. The number of aliphatic hydroxyl groups is 1. The zero-order chi connectivity index (χ0) is 66.1. The molecule has 19 heteroatoms.